The van der Waals surface area contributed by atoms with Crippen LogP contribution in [0.3, 0.4) is 0 Å². The predicted octanol–water partition coefficient (Wildman–Crippen LogP) is 9.37. The van der Waals surface area contributed by atoms with E-state index in [1.54, 1.807) is 6.08 Å². The van der Waals surface area contributed by atoms with Crippen molar-refractivity contribution in [3.05, 3.63) is 71.9 Å². The van der Waals surface area contributed by atoms with Gasteiger partial charge in [-0.05, 0) is 30.4 Å². The standard InChI is InChI=1S/C32H47NO2/c1-3-5-7-9-11-12-15-19-28-23-25-31(33-27-28)35-32(34)26-24-30(29-20-17-14-18-21-29)22-16-13-10-8-6-4-2/h14,17-18,20-21,23-27,30H,3-13,15-16,19,22H2,1-2H3. The van der Waals surface area contributed by atoms with Crippen LogP contribution in [0.15, 0.2) is 60.8 Å². The first-order chi connectivity index (χ1) is 17.2. The molecule has 3 nitrogen and oxygen atoms in total. The third-order valence-electron chi connectivity index (χ3n) is 6.63. The van der Waals surface area contributed by atoms with Crippen molar-refractivity contribution in [2.24, 2.45) is 0 Å². The van der Waals surface area contributed by atoms with Gasteiger partial charge in [-0.25, -0.2) is 9.78 Å². The van der Waals surface area contributed by atoms with Gasteiger partial charge in [-0.2, -0.15) is 0 Å². The molecule has 0 radical (unpaired) electrons. The summed E-state index contributed by atoms with van der Waals surface area (Å²) in [6.07, 6.45) is 24.2. The molecule has 0 saturated heterocycles. The summed E-state index contributed by atoms with van der Waals surface area (Å²) in [5.41, 5.74) is 2.45. The van der Waals surface area contributed by atoms with Gasteiger partial charge in [0.2, 0.25) is 5.88 Å². The van der Waals surface area contributed by atoms with Gasteiger partial charge in [0.15, 0.2) is 0 Å². The molecule has 3 heteroatoms. The van der Waals surface area contributed by atoms with E-state index in [1.165, 1.54) is 94.6 Å². The molecule has 192 valence electrons. The van der Waals surface area contributed by atoms with Crippen molar-refractivity contribution in [1.29, 1.82) is 0 Å². The summed E-state index contributed by atoms with van der Waals surface area (Å²) in [5, 5.41) is 0. The number of aromatic nitrogens is 1. The van der Waals surface area contributed by atoms with Gasteiger partial charge in [0.05, 0.1) is 0 Å². The first-order valence-corrected chi connectivity index (χ1v) is 14.1. The molecule has 0 bridgehead atoms. The highest BCUT2D eigenvalue weighted by Gasteiger charge is 2.10. The molecule has 2 aromatic rings. The third kappa shape index (κ3) is 13.3. The van der Waals surface area contributed by atoms with Gasteiger partial charge in [-0.3, -0.25) is 0 Å². The molecule has 1 heterocycles. The lowest BCUT2D eigenvalue weighted by molar-refractivity contribution is -0.129. The number of rotatable bonds is 19. The fraction of sp³-hybridized carbons (Fsp3) is 0.562. The Morgan fingerprint density at radius 1 is 0.800 bits per heavy atom. The van der Waals surface area contributed by atoms with Crippen molar-refractivity contribution in [2.45, 2.75) is 116 Å². The smallest absolute Gasteiger partial charge is 0.337 e. The number of esters is 1. The second-order valence-electron chi connectivity index (χ2n) is 9.73. The number of benzene rings is 1. The number of aryl methyl sites for hydroxylation is 1. The maximum absolute atomic E-state index is 12.5. The molecule has 0 amide bonds. The molecule has 1 aromatic carbocycles. The maximum Gasteiger partial charge on any atom is 0.337 e. The summed E-state index contributed by atoms with van der Waals surface area (Å²) in [6, 6.07) is 14.3. The average Bonchev–Trinajstić information content (AvgIpc) is 2.88. The summed E-state index contributed by atoms with van der Waals surface area (Å²) < 4.78 is 5.47. The van der Waals surface area contributed by atoms with Crippen LogP contribution >= 0.6 is 0 Å². The van der Waals surface area contributed by atoms with Gasteiger partial charge in [0, 0.05) is 24.3 Å². The molecule has 35 heavy (non-hydrogen) atoms. The normalized spacial score (nSPS) is 12.2. The predicted molar refractivity (Wildman–Crippen MR) is 148 cm³/mol. The number of hydrogen-bond donors (Lipinski definition) is 0. The Bertz CT molecular complexity index is 813. The summed E-state index contributed by atoms with van der Waals surface area (Å²) in [7, 11) is 0. The van der Waals surface area contributed by atoms with Crippen LogP contribution in [0.1, 0.15) is 121 Å². The molecular formula is C32H47NO2. The molecule has 2 rings (SSSR count). The SMILES string of the molecule is CCCCCCCCCc1ccc(OC(=O)C=CC(CCCCCCCC)c2ccccc2)nc1. The monoisotopic (exact) mass is 477 g/mol. The van der Waals surface area contributed by atoms with Crippen LogP contribution in [-0.4, -0.2) is 11.0 Å². The Balaban J connectivity index is 1.77. The van der Waals surface area contributed by atoms with Crippen molar-refractivity contribution in [1.82, 2.24) is 4.98 Å². The molecule has 0 N–H and O–H groups in total. The first kappa shape index (κ1) is 28.8. The van der Waals surface area contributed by atoms with Gasteiger partial charge in [-0.1, -0.05) is 133 Å². The van der Waals surface area contributed by atoms with Gasteiger partial charge in [-0.15, -0.1) is 0 Å². The van der Waals surface area contributed by atoms with E-state index >= 15 is 0 Å². The highest BCUT2D eigenvalue weighted by Crippen LogP contribution is 2.24. The number of hydrogen-bond acceptors (Lipinski definition) is 3. The summed E-state index contributed by atoms with van der Waals surface area (Å²) in [4.78, 5) is 16.8. The van der Waals surface area contributed by atoms with Crippen LogP contribution in [0, 0.1) is 0 Å². The second kappa shape index (κ2) is 18.9. The number of ether oxygens (including phenoxy) is 1. The zero-order chi connectivity index (χ0) is 25.0. The van der Waals surface area contributed by atoms with Gasteiger partial charge < -0.3 is 4.74 Å². The van der Waals surface area contributed by atoms with E-state index < -0.39 is 0 Å². The Morgan fingerprint density at radius 3 is 2.06 bits per heavy atom. The van der Waals surface area contributed by atoms with E-state index in [1.807, 2.05) is 30.5 Å². The lowest BCUT2D eigenvalue weighted by Crippen LogP contribution is -2.06. The minimum atomic E-state index is -0.360. The van der Waals surface area contributed by atoms with Gasteiger partial charge in [0.1, 0.15) is 0 Å². The van der Waals surface area contributed by atoms with E-state index in [4.69, 9.17) is 4.74 Å². The summed E-state index contributed by atoms with van der Waals surface area (Å²) in [6.45, 7) is 4.50. The minimum Gasteiger partial charge on any atom is -0.404 e. The third-order valence-corrected chi connectivity index (χ3v) is 6.63. The quantitative estimate of drug-likeness (QED) is 0.115. The number of pyridine rings is 1. The summed E-state index contributed by atoms with van der Waals surface area (Å²) >= 11 is 0. The largest absolute Gasteiger partial charge is 0.404 e. The molecular weight excluding hydrogens is 430 g/mol. The average molecular weight is 478 g/mol. The Labute approximate surface area is 214 Å². The zero-order valence-electron chi connectivity index (χ0n) is 22.2. The molecule has 1 aromatic heterocycles. The van der Waals surface area contributed by atoms with Crippen LogP contribution in [0.4, 0.5) is 0 Å². The van der Waals surface area contributed by atoms with E-state index in [-0.39, 0.29) is 11.9 Å². The van der Waals surface area contributed by atoms with Crippen molar-refractivity contribution in [2.75, 3.05) is 0 Å². The number of nitrogens with zero attached hydrogens (tertiary/aromatic N) is 1. The van der Waals surface area contributed by atoms with Crippen molar-refractivity contribution in [3.8, 4) is 5.88 Å². The van der Waals surface area contributed by atoms with Crippen LogP contribution < -0.4 is 4.74 Å². The molecule has 1 atom stereocenters. The molecule has 1 unspecified atom stereocenters. The highest BCUT2D eigenvalue weighted by atomic mass is 16.5. The van der Waals surface area contributed by atoms with Crippen LogP contribution in [0.5, 0.6) is 5.88 Å². The van der Waals surface area contributed by atoms with E-state index in [0.29, 0.717) is 5.88 Å². The van der Waals surface area contributed by atoms with E-state index in [9.17, 15) is 4.79 Å². The summed E-state index contributed by atoms with van der Waals surface area (Å²) in [5.74, 6) is 0.239. The molecule has 0 aliphatic rings. The number of unbranched alkanes of at least 4 members (excludes halogenated alkanes) is 11. The Hall–Kier alpha value is -2.42. The fourth-order valence-electron chi connectivity index (χ4n) is 4.46. The molecule has 0 saturated carbocycles. The van der Waals surface area contributed by atoms with Crippen molar-refractivity contribution >= 4 is 5.97 Å². The lowest BCUT2D eigenvalue weighted by Gasteiger charge is -2.13. The van der Waals surface area contributed by atoms with E-state index in [2.05, 4.69) is 43.1 Å². The van der Waals surface area contributed by atoms with Crippen LogP contribution in [-0.2, 0) is 11.2 Å². The fourth-order valence-corrected chi connectivity index (χ4v) is 4.46. The number of carbonyl (C=O) groups excluding carboxylic acids is 1. The van der Waals surface area contributed by atoms with Crippen molar-refractivity contribution in [3.63, 3.8) is 0 Å². The van der Waals surface area contributed by atoms with Crippen LogP contribution in [0.2, 0.25) is 0 Å². The second-order valence-corrected chi connectivity index (χ2v) is 9.73. The lowest BCUT2D eigenvalue weighted by atomic mass is 9.92. The number of allylic oxidation sites excluding steroid dienone is 1. The first-order valence-electron chi connectivity index (χ1n) is 14.1. The number of carbonyl (C=O) groups is 1. The molecule has 0 spiro atoms. The van der Waals surface area contributed by atoms with Gasteiger partial charge >= 0.3 is 5.97 Å². The highest BCUT2D eigenvalue weighted by molar-refractivity contribution is 5.83. The van der Waals surface area contributed by atoms with Crippen LogP contribution in [0.25, 0.3) is 0 Å². The minimum absolute atomic E-state index is 0.229. The van der Waals surface area contributed by atoms with Gasteiger partial charge in [0.25, 0.3) is 0 Å². The zero-order valence-corrected chi connectivity index (χ0v) is 22.2. The topological polar surface area (TPSA) is 39.2 Å². The molecule has 0 aliphatic carbocycles. The van der Waals surface area contributed by atoms with Crippen molar-refractivity contribution < 1.29 is 9.53 Å². The maximum atomic E-state index is 12.5. The Morgan fingerprint density at radius 2 is 1.43 bits per heavy atom. The molecule has 0 aliphatic heterocycles. The molecule has 0 fully saturated rings. The van der Waals surface area contributed by atoms with E-state index in [0.717, 1.165) is 12.8 Å². The Kier molecular flexibility index (Phi) is 15.5.